The zero-order chi connectivity index (χ0) is 17.2. The molecule has 4 rings (SSSR count). The third-order valence-electron chi connectivity index (χ3n) is 3.77. The van der Waals surface area contributed by atoms with Crippen LogP contribution < -0.4 is 11.1 Å². The van der Waals surface area contributed by atoms with E-state index in [1.54, 1.807) is 42.4 Å². The molecule has 25 heavy (non-hydrogen) atoms. The molecule has 0 saturated heterocycles. The summed E-state index contributed by atoms with van der Waals surface area (Å²) in [6.07, 6.45) is 6.80. The average Bonchev–Trinajstić information content (AvgIpc) is 3.18. The molecule has 0 bridgehead atoms. The van der Waals surface area contributed by atoms with Crippen LogP contribution in [0.15, 0.2) is 60.6 Å². The van der Waals surface area contributed by atoms with Crippen molar-refractivity contribution in [2.75, 3.05) is 11.1 Å². The Bertz CT molecular complexity index is 1060. The van der Waals surface area contributed by atoms with Gasteiger partial charge in [-0.05, 0) is 35.2 Å². The number of fused-ring (bicyclic) bond motifs is 1. The van der Waals surface area contributed by atoms with Gasteiger partial charge in [0.1, 0.15) is 5.69 Å². The summed E-state index contributed by atoms with van der Waals surface area (Å²) in [6.45, 7) is 0. The van der Waals surface area contributed by atoms with Crippen LogP contribution in [0.4, 0.5) is 11.4 Å². The summed E-state index contributed by atoms with van der Waals surface area (Å²) in [4.78, 5) is 25.9. The molecule has 0 aliphatic rings. The predicted octanol–water partition coefficient (Wildman–Crippen LogP) is 3.59. The van der Waals surface area contributed by atoms with E-state index in [1.165, 1.54) is 11.3 Å². The number of amides is 1. The number of hydrogen-bond acceptors (Lipinski definition) is 6. The van der Waals surface area contributed by atoms with Crippen molar-refractivity contribution in [1.82, 2.24) is 15.0 Å². The minimum absolute atomic E-state index is 0.313. The first-order valence-corrected chi connectivity index (χ1v) is 8.38. The first kappa shape index (κ1) is 15.2. The van der Waals surface area contributed by atoms with Gasteiger partial charge >= 0.3 is 0 Å². The number of nitrogens with zero attached hydrogens (tertiary/aromatic N) is 3. The van der Waals surface area contributed by atoms with Gasteiger partial charge in [0, 0.05) is 30.2 Å². The third-order valence-corrected chi connectivity index (χ3v) is 4.60. The molecule has 3 heterocycles. The van der Waals surface area contributed by atoms with Crippen molar-refractivity contribution in [3.05, 3.63) is 66.3 Å². The molecule has 122 valence electrons. The van der Waals surface area contributed by atoms with Crippen LogP contribution in [0.25, 0.3) is 21.2 Å². The maximum atomic E-state index is 12.6. The molecule has 1 aromatic carbocycles. The zero-order valence-corrected chi connectivity index (χ0v) is 13.8. The van der Waals surface area contributed by atoms with Crippen molar-refractivity contribution in [1.29, 1.82) is 0 Å². The van der Waals surface area contributed by atoms with E-state index in [9.17, 15) is 4.79 Å². The SMILES string of the molecule is Nc1ccc(-c2cncs2)cc1NC(=O)c1cc2ccncc2cn1. The highest BCUT2D eigenvalue weighted by molar-refractivity contribution is 7.13. The number of nitrogen functional groups attached to an aromatic ring is 1. The van der Waals surface area contributed by atoms with Gasteiger partial charge in [0.05, 0.1) is 21.8 Å². The van der Waals surface area contributed by atoms with Crippen molar-refractivity contribution in [3.63, 3.8) is 0 Å². The van der Waals surface area contributed by atoms with Gasteiger partial charge in [0.25, 0.3) is 5.91 Å². The van der Waals surface area contributed by atoms with Crippen molar-refractivity contribution in [2.45, 2.75) is 0 Å². The van der Waals surface area contributed by atoms with E-state index in [0.717, 1.165) is 21.2 Å². The monoisotopic (exact) mass is 347 g/mol. The Hall–Kier alpha value is -3.32. The van der Waals surface area contributed by atoms with E-state index in [-0.39, 0.29) is 5.91 Å². The van der Waals surface area contributed by atoms with Crippen LogP contribution in [-0.2, 0) is 0 Å². The fraction of sp³-hybridized carbons (Fsp3) is 0. The Morgan fingerprint density at radius 3 is 2.80 bits per heavy atom. The van der Waals surface area contributed by atoms with Gasteiger partial charge in [-0.15, -0.1) is 11.3 Å². The summed E-state index contributed by atoms with van der Waals surface area (Å²) in [7, 11) is 0. The molecule has 4 aromatic rings. The van der Waals surface area contributed by atoms with Gasteiger partial charge < -0.3 is 11.1 Å². The van der Waals surface area contributed by atoms with Crippen LogP contribution in [0.5, 0.6) is 0 Å². The Balaban J connectivity index is 1.64. The molecule has 0 aliphatic heterocycles. The highest BCUT2D eigenvalue weighted by Gasteiger charge is 2.12. The highest BCUT2D eigenvalue weighted by atomic mass is 32.1. The van der Waals surface area contributed by atoms with Gasteiger partial charge in [-0.1, -0.05) is 6.07 Å². The van der Waals surface area contributed by atoms with Crippen molar-refractivity contribution >= 4 is 39.4 Å². The van der Waals surface area contributed by atoms with Crippen LogP contribution >= 0.6 is 11.3 Å². The normalized spacial score (nSPS) is 10.7. The largest absolute Gasteiger partial charge is 0.397 e. The molecular weight excluding hydrogens is 334 g/mol. The number of carbonyl (C=O) groups is 1. The van der Waals surface area contributed by atoms with E-state index < -0.39 is 0 Å². The molecule has 0 atom stereocenters. The van der Waals surface area contributed by atoms with Crippen LogP contribution in [0.1, 0.15) is 10.5 Å². The quantitative estimate of drug-likeness (QED) is 0.552. The van der Waals surface area contributed by atoms with Crippen LogP contribution in [0, 0.1) is 0 Å². The number of benzene rings is 1. The molecule has 3 aromatic heterocycles. The molecule has 3 N–H and O–H groups in total. The van der Waals surface area contributed by atoms with E-state index >= 15 is 0 Å². The van der Waals surface area contributed by atoms with E-state index in [1.807, 2.05) is 18.2 Å². The maximum Gasteiger partial charge on any atom is 0.274 e. The number of aromatic nitrogens is 3. The first-order chi connectivity index (χ1) is 12.2. The van der Waals surface area contributed by atoms with Crippen molar-refractivity contribution < 1.29 is 4.79 Å². The topological polar surface area (TPSA) is 93.8 Å². The predicted molar refractivity (Wildman–Crippen MR) is 99.5 cm³/mol. The van der Waals surface area contributed by atoms with E-state index in [2.05, 4.69) is 20.3 Å². The summed E-state index contributed by atoms with van der Waals surface area (Å²) in [5.74, 6) is -0.313. The molecule has 0 saturated carbocycles. The minimum atomic E-state index is -0.313. The Labute approximate surface area is 147 Å². The fourth-order valence-corrected chi connectivity index (χ4v) is 3.09. The molecular formula is C18H13N5OS. The Kier molecular flexibility index (Phi) is 3.83. The highest BCUT2D eigenvalue weighted by Crippen LogP contribution is 2.29. The summed E-state index contributed by atoms with van der Waals surface area (Å²) < 4.78 is 0. The number of hydrogen-bond donors (Lipinski definition) is 2. The summed E-state index contributed by atoms with van der Waals surface area (Å²) in [6, 6.07) is 9.08. The maximum absolute atomic E-state index is 12.6. The van der Waals surface area contributed by atoms with Gasteiger partial charge in [0.2, 0.25) is 0 Å². The minimum Gasteiger partial charge on any atom is -0.397 e. The number of rotatable bonds is 3. The molecule has 0 unspecified atom stereocenters. The summed E-state index contributed by atoms with van der Waals surface area (Å²) in [5.41, 5.74) is 10.1. The van der Waals surface area contributed by atoms with Crippen molar-refractivity contribution in [2.24, 2.45) is 0 Å². The molecule has 0 spiro atoms. The zero-order valence-electron chi connectivity index (χ0n) is 13.0. The lowest BCUT2D eigenvalue weighted by Gasteiger charge is -2.10. The second-order valence-corrected chi connectivity index (χ2v) is 6.30. The lowest BCUT2D eigenvalue weighted by molar-refractivity contribution is 0.102. The van der Waals surface area contributed by atoms with Crippen LogP contribution in [0.2, 0.25) is 0 Å². The number of nitrogens with one attached hydrogen (secondary N) is 1. The average molecular weight is 347 g/mol. The lowest BCUT2D eigenvalue weighted by Crippen LogP contribution is -2.14. The van der Waals surface area contributed by atoms with Crippen molar-refractivity contribution in [3.8, 4) is 10.4 Å². The van der Waals surface area contributed by atoms with Crippen LogP contribution in [0.3, 0.4) is 0 Å². The Morgan fingerprint density at radius 1 is 1.04 bits per heavy atom. The van der Waals surface area contributed by atoms with Gasteiger partial charge in [0.15, 0.2) is 0 Å². The molecule has 0 aliphatic carbocycles. The van der Waals surface area contributed by atoms with E-state index in [4.69, 9.17) is 5.73 Å². The molecule has 0 radical (unpaired) electrons. The smallest absolute Gasteiger partial charge is 0.274 e. The Morgan fingerprint density at radius 2 is 1.96 bits per heavy atom. The van der Waals surface area contributed by atoms with Gasteiger partial charge in [-0.3, -0.25) is 19.7 Å². The summed E-state index contributed by atoms with van der Waals surface area (Å²) in [5, 5.41) is 4.62. The van der Waals surface area contributed by atoms with E-state index in [0.29, 0.717) is 17.1 Å². The molecule has 1 amide bonds. The molecule has 6 nitrogen and oxygen atoms in total. The second kappa shape index (κ2) is 6.29. The standard InChI is InChI=1S/C18H13N5OS/c19-14-2-1-12(17-9-21-10-25-17)6-15(14)23-18(24)16-5-11-3-4-20-7-13(11)8-22-16/h1-10H,19H2,(H,23,24). The second-order valence-electron chi connectivity index (χ2n) is 5.41. The fourth-order valence-electron chi connectivity index (χ4n) is 2.47. The number of nitrogens with two attached hydrogens (primary N) is 1. The first-order valence-electron chi connectivity index (χ1n) is 7.50. The third kappa shape index (κ3) is 3.05. The number of carbonyl (C=O) groups excluding carboxylic acids is 1. The number of pyridine rings is 2. The van der Waals surface area contributed by atoms with Crippen LogP contribution in [-0.4, -0.2) is 20.9 Å². The molecule has 7 heteroatoms. The lowest BCUT2D eigenvalue weighted by atomic mass is 10.1. The van der Waals surface area contributed by atoms with Gasteiger partial charge in [-0.25, -0.2) is 0 Å². The summed E-state index contributed by atoms with van der Waals surface area (Å²) >= 11 is 1.52. The number of anilines is 2. The molecule has 0 fully saturated rings. The van der Waals surface area contributed by atoms with Gasteiger partial charge in [-0.2, -0.15) is 0 Å². The number of thiazole rings is 1.